The molecule has 0 unspecified atom stereocenters. The fraction of sp³-hybridized carbons (Fsp3) is 0.241. The number of carbonyl (C=O) groups is 2. The number of benzene rings is 2. The van der Waals surface area contributed by atoms with Crippen molar-refractivity contribution in [3.63, 3.8) is 0 Å². The standard InChI is InChI=1S/C29H33N7O4/c1-17-24(16-32-36-27-20-13-12-19(40-3)15-23(20)35-29(27)39)33-18(2)26(17)28(38)31-14-8-4-5-11-25(37)34-22-10-7-6-9-21(22)30/h6-7,9-10,12-13,15-16,33,35,39H,1,4-5,8,11,14,30H2,2-3H3,(H,31,38)(H,34,37). The number of anilines is 2. The van der Waals surface area contributed by atoms with Crippen LogP contribution in [0.1, 0.15) is 41.7 Å². The van der Waals surface area contributed by atoms with Gasteiger partial charge in [0.1, 0.15) is 5.75 Å². The monoisotopic (exact) mass is 543 g/mol. The second-order valence-electron chi connectivity index (χ2n) is 9.30. The molecule has 11 heteroatoms. The van der Waals surface area contributed by atoms with Crippen LogP contribution in [0.3, 0.4) is 0 Å². The Morgan fingerprint density at radius 2 is 1.95 bits per heavy atom. The topological polar surface area (TPSA) is 170 Å². The van der Waals surface area contributed by atoms with Crippen LogP contribution < -0.4 is 31.7 Å². The highest BCUT2D eigenvalue weighted by atomic mass is 16.5. The molecule has 0 aliphatic rings. The number of aromatic nitrogens is 2. The Hall–Kier alpha value is -5.06. The Bertz CT molecular complexity index is 1670. The fourth-order valence-electron chi connectivity index (χ4n) is 4.34. The summed E-state index contributed by atoms with van der Waals surface area (Å²) in [5.74, 6) is 0.207. The third-order valence-corrected chi connectivity index (χ3v) is 6.46. The summed E-state index contributed by atoms with van der Waals surface area (Å²) < 4.78 is 5.20. The number of aromatic hydroxyl groups is 1. The number of aryl methyl sites for hydroxylation is 1. The summed E-state index contributed by atoms with van der Waals surface area (Å²) in [5, 5.41) is 25.9. The van der Waals surface area contributed by atoms with Gasteiger partial charge < -0.3 is 36.2 Å². The lowest BCUT2D eigenvalue weighted by molar-refractivity contribution is -0.116. The zero-order valence-electron chi connectivity index (χ0n) is 22.5. The van der Waals surface area contributed by atoms with Crippen LogP contribution in [0.25, 0.3) is 23.7 Å². The number of hydrogen-bond acceptors (Lipinski definition) is 7. The van der Waals surface area contributed by atoms with Gasteiger partial charge in [0.25, 0.3) is 5.91 Å². The minimum atomic E-state index is -0.240. The van der Waals surface area contributed by atoms with Gasteiger partial charge in [0, 0.05) is 35.3 Å². The van der Waals surface area contributed by atoms with Gasteiger partial charge in [0.15, 0.2) is 5.69 Å². The van der Waals surface area contributed by atoms with E-state index in [-0.39, 0.29) is 17.7 Å². The molecular weight excluding hydrogens is 510 g/mol. The summed E-state index contributed by atoms with van der Waals surface area (Å²) in [6, 6.07) is 12.4. The van der Waals surface area contributed by atoms with Crippen LogP contribution in [0.2, 0.25) is 0 Å². The number of methoxy groups -OCH3 is 1. The summed E-state index contributed by atoms with van der Waals surface area (Å²) in [4.78, 5) is 30.9. The molecule has 208 valence electrons. The lowest BCUT2D eigenvalue weighted by atomic mass is 10.1. The van der Waals surface area contributed by atoms with Crippen LogP contribution in [0.5, 0.6) is 11.6 Å². The lowest BCUT2D eigenvalue weighted by Gasteiger charge is -2.08. The van der Waals surface area contributed by atoms with Gasteiger partial charge in [0.05, 0.1) is 41.1 Å². The quantitative estimate of drug-likeness (QED) is 0.0954. The first kappa shape index (κ1) is 28.0. The summed E-state index contributed by atoms with van der Waals surface area (Å²) in [6.45, 7) is 6.29. The SMILES string of the molecule is C=c1c(C(=O)NCCCCCC(=O)Nc2ccccc2N)c(C)[nH]c1=CN=Nc1c(O)[nH]c2cc(OC)ccc12. The molecule has 0 radical (unpaired) electrons. The predicted molar refractivity (Wildman–Crippen MR) is 156 cm³/mol. The van der Waals surface area contributed by atoms with E-state index in [0.29, 0.717) is 74.9 Å². The van der Waals surface area contributed by atoms with E-state index in [4.69, 9.17) is 10.5 Å². The van der Waals surface area contributed by atoms with Gasteiger partial charge in [-0.25, -0.2) is 0 Å². The molecule has 2 heterocycles. The highest BCUT2D eigenvalue weighted by Gasteiger charge is 2.13. The molecule has 0 saturated heterocycles. The number of para-hydroxylation sites is 2. The minimum absolute atomic E-state index is 0.0901. The second-order valence-corrected chi connectivity index (χ2v) is 9.30. The van der Waals surface area contributed by atoms with Gasteiger partial charge in [-0.1, -0.05) is 25.1 Å². The highest BCUT2D eigenvalue weighted by Crippen LogP contribution is 2.36. The molecule has 11 nitrogen and oxygen atoms in total. The molecule has 0 fully saturated rings. The van der Waals surface area contributed by atoms with Crippen molar-refractivity contribution in [1.29, 1.82) is 0 Å². The van der Waals surface area contributed by atoms with Gasteiger partial charge in [-0.05, 0) is 44.0 Å². The Morgan fingerprint density at radius 1 is 1.15 bits per heavy atom. The van der Waals surface area contributed by atoms with Gasteiger partial charge in [-0.2, -0.15) is 5.11 Å². The maximum atomic E-state index is 12.8. The Labute approximate surface area is 230 Å². The van der Waals surface area contributed by atoms with Crippen molar-refractivity contribution in [3.05, 3.63) is 64.3 Å². The number of nitrogens with zero attached hydrogens (tertiary/aromatic N) is 2. The molecule has 0 spiro atoms. The first-order chi connectivity index (χ1) is 19.3. The number of ether oxygens (including phenoxy) is 1. The van der Waals surface area contributed by atoms with Crippen LogP contribution in [-0.4, -0.2) is 40.5 Å². The molecule has 2 aromatic heterocycles. The van der Waals surface area contributed by atoms with E-state index in [1.54, 1.807) is 44.4 Å². The number of aromatic amines is 2. The van der Waals surface area contributed by atoms with Gasteiger partial charge >= 0.3 is 0 Å². The summed E-state index contributed by atoms with van der Waals surface area (Å²) in [6.07, 6.45) is 4.05. The summed E-state index contributed by atoms with van der Waals surface area (Å²) >= 11 is 0. The second kappa shape index (κ2) is 12.7. The third kappa shape index (κ3) is 6.49. The zero-order chi connectivity index (χ0) is 28.6. The molecule has 2 amide bonds. The van der Waals surface area contributed by atoms with Crippen molar-refractivity contribution < 1.29 is 19.4 Å². The Kier molecular flexibility index (Phi) is 8.85. The first-order valence-corrected chi connectivity index (χ1v) is 12.9. The number of nitrogens with two attached hydrogens (primary N) is 1. The largest absolute Gasteiger partial charge is 0.497 e. The predicted octanol–water partition coefficient (Wildman–Crippen LogP) is 3.96. The van der Waals surface area contributed by atoms with Gasteiger partial charge in [-0.3, -0.25) is 9.59 Å². The average Bonchev–Trinajstić information content (AvgIpc) is 3.40. The van der Waals surface area contributed by atoms with Gasteiger partial charge in [0.2, 0.25) is 11.8 Å². The van der Waals surface area contributed by atoms with E-state index >= 15 is 0 Å². The van der Waals surface area contributed by atoms with E-state index < -0.39 is 0 Å². The average molecular weight is 544 g/mol. The van der Waals surface area contributed by atoms with Crippen molar-refractivity contribution in [3.8, 4) is 11.6 Å². The molecule has 7 N–H and O–H groups in total. The molecule has 2 aromatic carbocycles. The summed E-state index contributed by atoms with van der Waals surface area (Å²) in [5.41, 5.74) is 9.05. The number of unbranched alkanes of at least 4 members (excludes halogenated alkanes) is 2. The Morgan fingerprint density at radius 3 is 2.73 bits per heavy atom. The number of hydrogen-bond donors (Lipinski definition) is 6. The third-order valence-electron chi connectivity index (χ3n) is 6.46. The van der Waals surface area contributed by atoms with E-state index in [1.807, 2.05) is 12.1 Å². The molecule has 4 aromatic rings. The number of rotatable bonds is 11. The van der Waals surface area contributed by atoms with E-state index in [1.165, 1.54) is 6.20 Å². The van der Waals surface area contributed by atoms with Crippen LogP contribution in [0.15, 0.2) is 52.7 Å². The number of nitrogens with one attached hydrogen (secondary N) is 4. The van der Waals surface area contributed by atoms with Crippen molar-refractivity contribution in [2.24, 2.45) is 10.2 Å². The van der Waals surface area contributed by atoms with E-state index in [0.717, 1.165) is 12.8 Å². The van der Waals surface area contributed by atoms with E-state index in [2.05, 4.69) is 37.4 Å². The molecule has 4 rings (SSSR count). The number of carbonyl (C=O) groups excluding carboxylic acids is 2. The number of amides is 2. The smallest absolute Gasteiger partial charge is 0.253 e. The van der Waals surface area contributed by atoms with Crippen LogP contribution in [-0.2, 0) is 4.79 Å². The number of azo groups is 1. The van der Waals surface area contributed by atoms with Crippen molar-refractivity contribution >= 4 is 52.6 Å². The first-order valence-electron chi connectivity index (χ1n) is 12.9. The molecule has 0 aliphatic heterocycles. The molecule has 0 saturated carbocycles. The fourth-order valence-corrected chi connectivity index (χ4v) is 4.34. The normalized spacial score (nSPS) is 11.8. The maximum absolute atomic E-state index is 12.8. The summed E-state index contributed by atoms with van der Waals surface area (Å²) in [7, 11) is 1.57. The highest BCUT2D eigenvalue weighted by molar-refractivity contribution is 5.96. The van der Waals surface area contributed by atoms with Crippen LogP contribution in [0.4, 0.5) is 17.1 Å². The minimum Gasteiger partial charge on any atom is -0.497 e. The lowest BCUT2D eigenvalue weighted by Crippen LogP contribution is -2.32. The van der Waals surface area contributed by atoms with Gasteiger partial charge in [-0.15, -0.1) is 5.11 Å². The van der Waals surface area contributed by atoms with Crippen LogP contribution in [0, 0.1) is 6.92 Å². The van der Waals surface area contributed by atoms with Crippen LogP contribution >= 0.6 is 0 Å². The van der Waals surface area contributed by atoms with Crippen molar-refractivity contribution in [2.75, 3.05) is 24.7 Å². The molecule has 0 atom stereocenters. The van der Waals surface area contributed by atoms with Crippen molar-refractivity contribution in [1.82, 2.24) is 15.3 Å². The zero-order valence-corrected chi connectivity index (χ0v) is 22.5. The number of fused-ring (bicyclic) bond motifs is 1. The van der Waals surface area contributed by atoms with E-state index in [9.17, 15) is 14.7 Å². The maximum Gasteiger partial charge on any atom is 0.253 e. The Balaban J connectivity index is 1.29. The molecule has 40 heavy (non-hydrogen) atoms. The molecule has 0 bridgehead atoms. The number of H-pyrrole nitrogens is 2. The van der Waals surface area contributed by atoms with Crippen molar-refractivity contribution in [2.45, 2.75) is 32.6 Å². The number of nitrogen functional groups attached to an aromatic ring is 1. The molecule has 0 aliphatic carbocycles. The molecular formula is C29H33N7O4.